The van der Waals surface area contributed by atoms with Crippen LogP contribution in [0, 0.1) is 18.7 Å². The number of carbonyl (C=O) groups is 1. The van der Waals surface area contributed by atoms with Gasteiger partial charge in [-0.25, -0.2) is 4.39 Å². The summed E-state index contributed by atoms with van der Waals surface area (Å²) in [5.41, 5.74) is 2.81. The summed E-state index contributed by atoms with van der Waals surface area (Å²) >= 11 is 0. The molecule has 0 radical (unpaired) electrons. The molecule has 172 valence electrons. The number of rotatable bonds is 6. The first-order chi connectivity index (χ1) is 15.6. The van der Waals surface area contributed by atoms with Gasteiger partial charge in [0.05, 0.1) is 0 Å². The maximum atomic E-state index is 13.8. The van der Waals surface area contributed by atoms with Crippen molar-refractivity contribution in [1.29, 1.82) is 0 Å². The lowest BCUT2D eigenvalue weighted by atomic mass is 9.89. The number of carbonyl (C=O) groups excluding carboxylic acids is 1. The van der Waals surface area contributed by atoms with Gasteiger partial charge >= 0.3 is 0 Å². The summed E-state index contributed by atoms with van der Waals surface area (Å²) in [5, 5.41) is 2.81. The Morgan fingerprint density at radius 1 is 0.969 bits per heavy atom. The molecule has 1 aliphatic heterocycles. The Morgan fingerprint density at radius 2 is 1.75 bits per heavy atom. The maximum Gasteiger partial charge on any atom is 0.255 e. The first kappa shape index (κ1) is 22.9. The highest BCUT2D eigenvalue weighted by Crippen LogP contribution is 2.25. The summed E-state index contributed by atoms with van der Waals surface area (Å²) in [5.74, 6) is 0.382. The Bertz CT molecular complexity index is 910. The van der Waals surface area contributed by atoms with E-state index >= 15 is 0 Å². The Balaban J connectivity index is 1.31. The van der Waals surface area contributed by atoms with Crippen LogP contribution >= 0.6 is 0 Å². The summed E-state index contributed by atoms with van der Waals surface area (Å²) < 4.78 is 13.8. The predicted octanol–water partition coefficient (Wildman–Crippen LogP) is 5.47. The number of amides is 1. The molecule has 1 N–H and O–H groups in total. The minimum Gasteiger partial charge on any atom is -0.322 e. The zero-order valence-corrected chi connectivity index (χ0v) is 19.3. The number of hydrogen-bond donors (Lipinski definition) is 1. The molecular weight excluding hydrogens is 401 g/mol. The van der Waals surface area contributed by atoms with Crippen molar-refractivity contribution in [2.24, 2.45) is 5.92 Å². The van der Waals surface area contributed by atoms with Gasteiger partial charge < -0.3 is 10.2 Å². The molecule has 1 heterocycles. The van der Waals surface area contributed by atoms with Gasteiger partial charge in [-0.05, 0) is 80.6 Å². The van der Waals surface area contributed by atoms with Crippen molar-refractivity contribution in [3.63, 3.8) is 0 Å². The molecule has 0 aromatic heterocycles. The molecule has 0 spiro atoms. The van der Waals surface area contributed by atoms with E-state index in [4.69, 9.17) is 0 Å². The van der Waals surface area contributed by atoms with Gasteiger partial charge in [0.25, 0.3) is 5.91 Å². The van der Waals surface area contributed by atoms with Crippen molar-refractivity contribution in [3.05, 3.63) is 65.0 Å². The van der Waals surface area contributed by atoms with E-state index in [0.717, 1.165) is 37.7 Å². The van der Waals surface area contributed by atoms with Crippen LogP contribution in [0.1, 0.15) is 60.0 Å². The molecule has 2 aromatic carbocycles. The van der Waals surface area contributed by atoms with Crippen LogP contribution in [-0.4, -0.2) is 48.4 Å². The van der Waals surface area contributed by atoms with Crippen molar-refractivity contribution in [2.45, 2.75) is 52.0 Å². The summed E-state index contributed by atoms with van der Waals surface area (Å²) in [7, 11) is 0. The molecule has 4 rings (SSSR count). The van der Waals surface area contributed by atoms with Crippen LogP contribution in [0.15, 0.2) is 42.5 Å². The van der Waals surface area contributed by atoms with Crippen LogP contribution in [0.25, 0.3) is 0 Å². The van der Waals surface area contributed by atoms with Crippen LogP contribution < -0.4 is 5.32 Å². The van der Waals surface area contributed by atoms with E-state index in [9.17, 15) is 9.18 Å². The molecule has 4 nitrogen and oxygen atoms in total. The van der Waals surface area contributed by atoms with Gasteiger partial charge in [0, 0.05) is 37.4 Å². The highest BCUT2D eigenvalue weighted by Gasteiger charge is 2.20. The molecule has 1 amide bonds. The molecule has 5 heteroatoms. The third-order valence-electron chi connectivity index (χ3n) is 6.95. The minimum absolute atomic E-state index is 0.204. The zero-order chi connectivity index (χ0) is 22.3. The standard InChI is InChI=1S/C27H36FN3O/c1-21-11-12-25(18-26(21)28)29-27(32)24-10-5-9-23(17-24)20-31-14-6-13-30(15-16-31)19-22-7-3-2-4-8-22/h5,9-12,17-18,22H,2-4,6-8,13-16,19-20H2,1H3,(H,29,32). The second-order valence-corrected chi connectivity index (χ2v) is 9.55. The lowest BCUT2D eigenvalue weighted by Crippen LogP contribution is -2.34. The van der Waals surface area contributed by atoms with Crippen molar-refractivity contribution in [1.82, 2.24) is 9.80 Å². The molecule has 1 saturated carbocycles. The van der Waals surface area contributed by atoms with Gasteiger partial charge in [-0.1, -0.05) is 37.5 Å². The highest BCUT2D eigenvalue weighted by atomic mass is 19.1. The maximum absolute atomic E-state index is 13.8. The van der Waals surface area contributed by atoms with Crippen LogP contribution in [-0.2, 0) is 6.54 Å². The summed E-state index contributed by atoms with van der Waals surface area (Å²) in [6.07, 6.45) is 8.25. The molecule has 0 bridgehead atoms. The monoisotopic (exact) mass is 437 g/mol. The fourth-order valence-electron chi connectivity index (χ4n) is 5.04. The molecule has 2 fully saturated rings. The van der Waals surface area contributed by atoms with Crippen molar-refractivity contribution in [2.75, 3.05) is 38.0 Å². The van der Waals surface area contributed by atoms with E-state index in [2.05, 4.69) is 21.2 Å². The number of nitrogens with one attached hydrogen (secondary N) is 1. The summed E-state index contributed by atoms with van der Waals surface area (Å²) in [6.45, 7) is 8.34. The lowest BCUT2D eigenvalue weighted by molar-refractivity contribution is 0.102. The number of aryl methyl sites for hydroxylation is 1. The topological polar surface area (TPSA) is 35.6 Å². The van der Waals surface area contributed by atoms with Gasteiger partial charge in [0.15, 0.2) is 0 Å². The summed E-state index contributed by atoms with van der Waals surface area (Å²) in [4.78, 5) is 17.9. The predicted molar refractivity (Wildman–Crippen MR) is 128 cm³/mol. The van der Waals surface area contributed by atoms with Crippen LogP contribution in [0.2, 0.25) is 0 Å². The third-order valence-corrected chi connectivity index (χ3v) is 6.95. The second-order valence-electron chi connectivity index (χ2n) is 9.55. The normalized spacial score (nSPS) is 18.9. The first-order valence-electron chi connectivity index (χ1n) is 12.2. The van der Waals surface area contributed by atoms with E-state index < -0.39 is 0 Å². The fourth-order valence-corrected chi connectivity index (χ4v) is 5.04. The van der Waals surface area contributed by atoms with Crippen molar-refractivity contribution in [3.8, 4) is 0 Å². The summed E-state index contributed by atoms with van der Waals surface area (Å²) in [6, 6.07) is 12.6. The van der Waals surface area contributed by atoms with Crippen LogP contribution in [0.4, 0.5) is 10.1 Å². The SMILES string of the molecule is Cc1ccc(NC(=O)c2cccc(CN3CCCN(CC4CCCCC4)CC3)c2)cc1F. The van der Waals surface area contributed by atoms with Gasteiger partial charge in [0.1, 0.15) is 5.82 Å². The van der Waals surface area contributed by atoms with Crippen molar-refractivity contribution >= 4 is 11.6 Å². The van der Waals surface area contributed by atoms with Gasteiger partial charge in [-0.3, -0.25) is 9.69 Å². The number of halogens is 1. The third kappa shape index (κ3) is 6.39. The minimum atomic E-state index is -0.310. The zero-order valence-electron chi connectivity index (χ0n) is 19.3. The van der Waals surface area contributed by atoms with E-state index in [1.807, 2.05) is 18.2 Å². The quantitative estimate of drug-likeness (QED) is 0.650. The van der Waals surface area contributed by atoms with Gasteiger partial charge in [-0.15, -0.1) is 0 Å². The first-order valence-corrected chi connectivity index (χ1v) is 12.2. The number of anilines is 1. The van der Waals surface area contributed by atoms with Gasteiger partial charge in [-0.2, -0.15) is 0 Å². The molecule has 1 saturated heterocycles. The largest absolute Gasteiger partial charge is 0.322 e. The second kappa shape index (κ2) is 11.1. The molecule has 32 heavy (non-hydrogen) atoms. The van der Waals surface area contributed by atoms with E-state index in [-0.39, 0.29) is 11.7 Å². The number of nitrogens with zero attached hydrogens (tertiary/aromatic N) is 2. The molecule has 2 aromatic rings. The molecular formula is C27H36FN3O. The fraction of sp³-hybridized carbons (Fsp3) is 0.519. The molecule has 0 atom stereocenters. The lowest BCUT2D eigenvalue weighted by Gasteiger charge is -2.29. The van der Waals surface area contributed by atoms with Gasteiger partial charge in [0.2, 0.25) is 0 Å². The van der Waals surface area contributed by atoms with Crippen LogP contribution in [0.5, 0.6) is 0 Å². The Hall–Kier alpha value is -2.24. The van der Waals surface area contributed by atoms with E-state index in [0.29, 0.717) is 16.8 Å². The van der Waals surface area contributed by atoms with Crippen LogP contribution in [0.3, 0.4) is 0 Å². The smallest absolute Gasteiger partial charge is 0.255 e. The number of benzene rings is 2. The molecule has 2 aliphatic rings. The van der Waals surface area contributed by atoms with E-state index in [1.54, 1.807) is 19.1 Å². The Labute approximate surface area is 191 Å². The Morgan fingerprint density at radius 3 is 2.56 bits per heavy atom. The Kier molecular flexibility index (Phi) is 7.93. The molecule has 1 aliphatic carbocycles. The average molecular weight is 438 g/mol. The molecule has 0 unspecified atom stereocenters. The number of hydrogen-bond acceptors (Lipinski definition) is 3. The highest BCUT2D eigenvalue weighted by molar-refractivity contribution is 6.04. The van der Waals surface area contributed by atoms with E-state index in [1.165, 1.54) is 57.7 Å². The van der Waals surface area contributed by atoms with Crippen molar-refractivity contribution < 1.29 is 9.18 Å². The average Bonchev–Trinajstić information content (AvgIpc) is 3.02.